The van der Waals surface area contributed by atoms with Gasteiger partial charge in [0, 0.05) is 31.9 Å². The molecule has 0 atom stereocenters. The Hall–Kier alpha value is -2.40. The summed E-state index contributed by atoms with van der Waals surface area (Å²) in [5, 5.41) is 0.0646. The summed E-state index contributed by atoms with van der Waals surface area (Å²) in [7, 11) is 3.71. The van der Waals surface area contributed by atoms with E-state index in [1.807, 2.05) is 37.9 Å². The predicted molar refractivity (Wildman–Crippen MR) is 111 cm³/mol. The van der Waals surface area contributed by atoms with Gasteiger partial charge in [-0.15, -0.1) is 0 Å². The number of Topliss-reactive ketones (excluding diaryl/α,β-unsaturated/α-hetero) is 1. The van der Waals surface area contributed by atoms with E-state index < -0.39 is 5.82 Å². The largest absolute Gasteiger partial charge is 0.367 e. The van der Waals surface area contributed by atoms with Gasteiger partial charge in [0.25, 0.3) is 0 Å². The number of aryl methyl sites for hydroxylation is 2. The van der Waals surface area contributed by atoms with Gasteiger partial charge < -0.3 is 9.80 Å². The van der Waals surface area contributed by atoms with E-state index in [0.29, 0.717) is 11.3 Å². The first-order valence-electron chi connectivity index (χ1n) is 8.78. The molecule has 0 N–H and O–H groups in total. The Morgan fingerprint density at radius 2 is 1.89 bits per heavy atom. The maximum Gasteiger partial charge on any atom is 0.182 e. The number of carbonyl (C=O) groups excluding carboxylic acids is 1. The number of likely N-dealkylation sites (N-methyl/N-ethyl adjacent to an activating group) is 1. The van der Waals surface area contributed by atoms with Crippen LogP contribution in [0.25, 0.3) is 0 Å². The van der Waals surface area contributed by atoms with Gasteiger partial charge in [0.1, 0.15) is 5.82 Å². The van der Waals surface area contributed by atoms with Crippen molar-refractivity contribution in [1.82, 2.24) is 4.90 Å². The quantitative estimate of drug-likeness (QED) is 0.378. The molecule has 0 aliphatic carbocycles. The molecule has 0 saturated heterocycles. The number of ketones is 1. The minimum atomic E-state index is -0.500. The average Bonchev–Trinajstić information content (AvgIpc) is 2.63. The third-order valence-corrected chi connectivity index (χ3v) is 4.77. The van der Waals surface area contributed by atoms with Crippen molar-refractivity contribution in [3.8, 4) is 0 Å². The molecule has 2 aromatic carbocycles. The summed E-state index contributed by atoms with van der Waals surface area (Å²) in [5.41, 5.74) is 3.90. The zero-order valence-electron chi connectivity index (χ0n) is 16.4. The summed E-state index contributed by atoms with van der Waals surface area (Å²) in [4.78, 5) is 20.9. The number of hydrogen-bond acceptors (Lipinski definition) is 3. The molecule has 0 aliphatic rings. The summed E-state index contributed by atoms with van der Waals surface area (Å²) in [6.45, 7) is 6.90. The smallest absolute Gasteiger partial charge is 0.182 e. The van der Waals surface area contributed by atoms with E-state index in [1.165, 1.54) is 12.1 Å². The monoisotopic (exact) mass is 389 g/mol. The Kier molecular flexibility index (Phi) is 6.97. The number of rotatable bonds is 7. The van der Waals surface area contributed by atoms with Gasteiger partial charge in [-0.2, -0.15) is 0 Å². The van der Waals surface area contributed by atoms with E-state index in [4.69, 9.17) is 11.6 Å². The number of halogens is 2. The standard InChI is InChI=1S/C21H25ClFN3O/c1-6-25(4)13-24-20-10-14(2)17(9-15(20)3)21(27)12-26(5)16-7-8-18(22)19(23)11-16/h7-11,13H,6,12H2,1-5H3/b24-13-. The van der Waals surface area contributed by atoms with Gasteiger partial charge in [-0.3, -0.25) is 4.79 Å². The molecule has 0 heterocycles. The Balaban J connectivity index is 2.19. The SMILES string of the molecule is CCN(C)/C=N\c1cc(C)c(C(=O)CN(C)c2ccc(Cl)c(F)c2)cc1C. The fourth-order valence-electron chi connectivity index (χ4n) is 2.60. The Morgan fingerprint density at radius 3 is 2.52 bits per heavy atom. The van der Waals surface area contributed by atoms with E-state index >= 15 is 0 Å². The molecule has 0 spiro atoms. The minimum absolute atomic E-state index is 0.0327. The second-order valence-electron chi connectivity index (χ2n) is 6.65. The van der Waals surface area contributed by atoms with E-state index in [-0.39, 0.29) is 17.4 Å². The van der Waals surface area contributed by atoms with E-state index in [0.717, 1.165) is 23.4 Å². The van der Waals surface area contributed by atoms with Crippen LogP contribution in [0.4, 0.5) is 15.8 Å². The Labute approximate surface area is 165 Å². The van der Waals surface area contributed by atoms with Crippen molar-refractivity contribution in [3.05, 3.63) is 57.9 Å². The molecular formula is C21H25ClFN3O. The molecule has 0 unspecified atom stereocenters. The molecule has 2 rings (SSSR count). The van der Waals surface area contributed by atoms with Gasteiger partial charge in [0.05, 0.1) is 23.6 Å². The molecule has 6 heteroatoms. The fourth-order valence-corrected chi connectivity index (χ4v) is 2.71. The summed E-state index contributed by atoms with van der Waals surface area (Å²) in [6, 6.07) is 8.30. The highest BCUT2D eigenvalue weighted by Crippen LogP contribution is 2.25. The van der Waals surface area contributed by atoms with E-state index in [2.05, 4.69) is 11.9 Å². The lowest BCUT2D eigenvalue weighted by Crippen LogP contribution is -2.26. The van der Waals surface area contributed by atoms with Gasteiger partial charge in [-0.25, -0.2) is 9.38 Å². The molecule has 27 heavy (non-hydrogen) atoms. The van der Waals surface area contributed by atoms with Crippen LogP contribution in [0.1, 0.15) is 28.4 Å². The molecule has 0 bridgehead atoms. The third-order valence-electron chi connectivity index (χ3n) is 4.46. The second kappa shape index (κ2) is 9.00. The summed E-state index contributed by atoms with van der Waals surface area (Å²) >= 11 is 5.72. The Morgan fingerprint density at radius 1 is 1.19 bits per heavy atom. The van der Waals surface area contributed by atoms with E-state index in [1.54, 1.807) is 24.4 Å². The molecule has 0 radical (unpaired) electrons. The van der Waals surface area contributed by atoms with Gasteiger partial charge in [-0.1, -0.05) is 11.6 Å². The van der Waals surface area contributed by atoms with Gasteiger partial charge in [0.2, 0.25) is 0 Å². The van der Waals surface area contributed by atoms with Crippen LogP contribution in [0.15, 0.2) is 35.3 Å². The van der Waals surface area contributed by atoms with Crippen LogP contribution in [0.3, 0.4) is 0 Å². The van der Waals surface area contributed by atoms with Crippen molar-refractivity contribution in [1.29, 1.82) is 0 Å². The van der Waals surface area contributed by atoms with Crippen molar-refractivity contribution in [2.24, 2.45) is 4.99 Å². The number of hydrogen-bond donors (Lipinski definition) is 0. The highest BCUT2D eigenvalue weighted by atomic mass is 35.5. The van der Waals surface area contributed by atoms with Crippen LogP contribution < -0.4 is 4.90 Å². The molecule has 4 nitrogen and oxygen atoms in total. The first-order chi connectivity index (χ1) is 12.7. The van der Waals surface area contributed by atoms with Crippen molar-refractivity contribution in [3.63, 3.8) is 0 Å². The minimum Gasteiger partial charge on any atom is -0.367 e. The maximum absolute atomic E-state index is 13.7. The van der Waals surface area contributed by atoms with Crippen LogP contribution in [-0.2, 0) is 0 Å². The Bertz CT molecular complexity index is 867. The molecule has 0 aliphatic heterocycles. The van der Waals surface area contributed by atoms with Crippen molar-refractivity contribution in [2.45, 2.75) is 20.8 Å². The maximum atomic E-state index is 13.7. The summed E-state index contributed by atoms with van der Waals surface area (Å²) in [5.74, 6) is -0.533. The zero-order chi connectivity index (χ0) is 20.1. The molecular weight excluding hydrogens is 365 g/mol. The highest BCUT2D eigenvalue weighted by Gasteiger charge is 2.15. The van der Waals surface area contributed by atoms with E-state index in [9.17, 15) is 9.18 Å². The fraction of sp³-hybridized carbons (Fsp3) is 0.333. The highest BCUT2D eigenvalue weighted by molar-refractivity contribution is 6.30. The number of anilines is 1. The van der Waals surface area contributed by atoms with Crippen LogP contribution in [0.2, 0.25) is 5.02 Å². The van der Waals surface area contributed by atoms with Crippen molar-refractivity contribution >= 4 is 35.1 Å². The molecule has 0 fully saturated rings. The molecule has 0 saturated carbocycles. The lowest BCUT2D eigenvalue weighted by molar-refractivity contribution is 0.0999. The molecule has 2 aromatic rings. The molecule has 0 aromatic heterocycles. The second-order valence-corrected chi connectivity index (χ2v) is 7.06. The lowest BCUT2D eigenvalue weighted by Gasteiger charge is -2.19. The van der Waals surface area contributed by atoms with Crippen molar-refractivity contribution in [2.75, 3.05) is 32.1 Å². The van der Waals surface area contributed by atoms with Crippen LogP contribution >= 0.6 is 11.6 Å². The van der Waals surface area contributed by atoms with Gasteiger partial charge in [0.15, 0.2) is 5.78 Å². The summed E-state index contributed by atoms with van der Waals surface area (Å²) in [6.07, 6.45) is 1.78. The lowest BCUT2D eigenvalue weighted by atomic mass is 10.00. The van der Waals surface area contributed by atoms with Crippen LogP contribution in [-0.4, -0.2) is 44.2 Å². The van der Waals surface area contributed by atoms with Crippen LogP contribution in [0, 0.1) is 19.7 Å². The summed E-state index contributed by atoms with van der Waals surface area (Å²) < 4.78 is 13.7. The van der Waals surface area contributed by atoms with Crippen molar-refractivity contribution < 1.29 is 9.18 Å². The predicted octanol–water partition coefficient (Wildman–Crippen LogP) is 5.03. The zero-order valence-corrected chi connectivity index (χ0v) is 17.1. The molecule has 144 valence electrons. The number of aliphatic imine (C=N–C) groups is 1. The normalized spacial score (nSPS) is 11.1. The number of nitrogens with zero attached hydrogens (tertiary/aromatic N) is 3. The number of carbonyl (C=O) groups is 1. The van der Waals surface area contributed by atoms with Gasteiger partial charge >= 0.3 is 0 Å². The first kappa shape index (κ1) is 20.9. The molecule has 0 amide bonds. The third kappa shape index (κ3) is 5.30. The topological polar surface area (TPSA) is 35.9 Å². The van der Waals surface area contributed by atoms with Crippen LogP contribution in [0.5, 0.6) is 0 Å². The first-order valence-corrected chi connectivity index (χ1v) is 9.15. The average molecular weight is 390 g/mol. The van der Waals surface area contributed by atoms with Gasteiger partial charge in [-0.05, 0) is 62.2 Å². The number of benzene rings is 2.